The van der Waals surface area contributed by atoms with Gasteiger partial charge in [0.15, 0.2) is 11.6 Å². The van der Waals surface area contributed by atoms with Crippen LogP contribution in [0.15, 0.2) is 91.5 Å². The zero-order valence-corrected chi connectivity index (χ0v) is 22.9. The van der Waals surface area contributed by atoms with Crippen LogP contribution in [-0.2, 0) is 12.8 Å². The fourth-order valence-corrected chi connectivity index (χ4v) is 4.44. The van der Waals surface area contributed by atoms with Gasteiger partial charge in [0, 0.05) is 17.2 Å². The van der Waals surface area contributed by atoms with E-state index in [1.165, 1.54) is 6.07 Å². The van der Waals surface area contributed by atoms with Crippen LogP contribution in [0.4, 0.5) is 13.2 Å². The van der Waals surface area contributed by atoms with Crippen LogP contribution < -0.4 is 9.47 Å². The molecular weight excluding hydrogens is 509 g/mol. The van der Waals surface area contributed by atoms with E-state index in [1.807, 2.05) is 30.3 Å². The Kier molecular flexibility index (Phi) is 10.4. The number of halogens is 3. The molecule has 0 aromatic heterocycles. The molecule has 0 aliphatic carbocycles. The molecule has 40 heavy (non-hydrogen) atoms. The van der Waals surface area contributed by atoms with Crippen LogP contribution in [0.3, 0.4) is 0 Å². The minimum absolute atomic E-state index is 0.223. The van der Waals surface area contributed by atoms with Crippen LogP contribution in [0.5, 0.6) is 11.5 Å². The maximum Gasteiger partial charge on any atom is 0.166 e. The molecule has 0 aliphatic rings. The zero-order chi connectivity index (χ0) is 28.3. The first-order chi connectivity index (χ1) is 19.5. The van der Waals surface area contributed by atoms with Gasteiger partial charge in [-0.1, -0.05) is 68.0 Å². The van der Waals surface area contributed by atoms with Crippen molar-refractivity contribution in [2.75, 3.05) is 13.2 Å². The molecule has 0 saturated carbocycles. The van der Waals surface area contributed by atoms with Crippen molar-refractivity contribution in [1.82, 2.24) is 0 Å². The lowest BCUT2D eigenvalue weighted by atomic mass is 9.97. The van der Waals surface area contributed by atoms with Gasteiger partial charge in [0.2, 0.25) is 0 Å². The highest BCUT2D eigenvalue weighted by molar-refractivity contribution is 5.66. The molecule has 4 aromatic carbocycles. The van der Waals surface area contributed by atoms with Crippen molar-refractivity contribution in [2.45, 2.75) is 45.4 Å². The molecule has 0 spiro atoms. The Morgan fingerprint density at radius 3 is 2.00 bits per heavy atom. The van der Waals surface area contributed by atoms with Crippen molar-refractivity contribution in [3.8, 4) is 33.8 Å². The maximum absolute atomic E-state index is 15.0. The van der Waals surface area contributed by atoms with Gasteiger partial charge in [-0.15, -0.1) is 6.58 Å². The molecule has 4 aromatic rings. The summed E-state index contributed by atoms with van der Waals surface area (Å²) in [4.78, 5) is 0. The molecule has 0 aliphatic heterocycles. The molecule has 0 fully saturated rings. The second-order valence-electron chi connectivity index (χ2n) is 9.74. The summed E-state index contributed by atoms with van der Waals surface area (Å²) in [6.07, 6.45) is 6.39. The summed E-state index contributed by atoms with van der Waals surface area (Å²) in [6.45, 7) is 6.91. The van der Waals surface area contributed by atoms with Gasteiger partial charge in [-0.3, -0.25) is 0 Å². The molecule has 0 atom stereocenters. The molecule has 0 heterocycles. The lowest BCUT2D eigenvalue weighted by Gasteiger charge is -2.11. The minimum atomic E-state index is -0.851. The summed E-state index contributed by atoms with van der Waals surface area (Å²) in [7, 11) is 0. The lowest BCUT2D eigenvalue weighted by molar-refractivity contribution is 0.309. The van der Waals surface area contributed by atoms with Gasteiger partial charge in [-0.25, -0.2) is 13.2 Å². The predicted molar refractivity (Wildman–Crippen MR) is 156 cm³/mol. The van der Waals surface area contributed by atoms with Gasteiger partial charge in [0.05, 0.1) is 13.2 Å². The normalized spacial score (nSPS) is 10.9. The van der Waals surface area contributed by atoms with Crippen LogP contribution in [0.2, 0.25) is 0 Å². The average molecular weight is 545 g/mol. The Morgan fingerprint density at radius 1 is 0.675 bits per heavy atom. The quantitative estimate of drug-likeness (QED) is 0.116. The van der Waals surface area contributed by atoms with Crippen LogP contribution in [0.1, 0.15) is 43.7 Å². The van der Waals surface area contributed by atoms with Crippen LogP contribution >= 0.6 is 0 Å². The van der Waals surface area contributed by atoms with Crippen molar-refractivity contribution >= 4 is 0 Å². The van der Waals surface area contributed by atoms with Crippen LogP contribution in [0, 0.1) is 17.5 Å². The molecule has 0 amide bonds. The third-order valence-electron chi connectivity index (χ3n) is 6.80. The summed E-state index contributed by atoms with van der Waals surface area (Å²) >= 11 is 0. The maximum atomic E-state index is 15.0. The molecule has 2 nitrogen and oxygen atoms in total. The fraction of sp³-hybridized carbons (Fsp3) is 0.257. The largest absolute Gasteiger partial charge is 0.494 e. The first-order valence-corrected chi connectivity index (χ1v) is 13.8. The van der Waals surface area contributed by atoms with Crippen molar-refractivity contribution < 1.29 is 22.6 Å². The Morgan fingerprint density at radius 2 is 1.30 bits per heavy atom. The molecule has 0 bridgehead atoms. The zero-order valence-electron chi connectivity index (χ0n) is 22.9. The van der Waals surface area contributed by atoms with Crippen LogP contribution in [0.25, 0.3) is 22.3 Å². The first kappa shape index (κ1) is 29.0. The van der Waals surface area contributed by atoms with Crippen LogP contribution in [-0.4, -0.2) is 13.2 Å². The fourth-order valence-electron chi connectivity index (χ4n) is 4.44. The number of ether oxygens (including phenoxy) is 2. The molecule has 0 saturated heterocycles. The topological polar surface area (TPSA) is 18.5 Å². The highest BCUT2D eigenvalue weighted by Gasteiger charge is 2.15. The Bertz CT molecular complexity index is 1400. The molecule has 0 N–H and O–H groups in total. The average Bonchev–Trinajstić information content (AvgIpc) is 2.97. The third-order valence-corrected chi connectivity index (χ3v) is 6.80. The van der Waals surface area contributed by atoms with Crippen molar-refractivity contribution in [3.63, 3.8) is 0 Å². The smallest absolute Gasteiger partial charge is 0.166 e. The van der Waals surface area contributed by atoms with Crippen molar-refractivity contribution in [3.05, 3.63) is 120 Å². The number of allylic oxidation sites excluding steroid dienone is 1. The monoisotopic (exact) mass is 544 g/mol. The van der Waals surface area contributed by atoms with E-state index in [0.29, 0.717) is 54.2 Å². The predicted octanol–water partition coefficient (Wildman–Crippen LogP) is 9.75. The second-order valence-corrected chi connectivity index (χ2v) is 9.74. The highest BCUT2D eigenvalue weighted by Crippen LogP contribution is 2.30. The van der Waals surface area contributed by atoms with E-state index in [0.717, 1.165) is 36.8 Å². The lowest BCUT2D eigenvalue weighted by Crippen LogP contribution is -2.00. The summed E-state index contributed by atoms with van der Waals surface area (Å²) in [5.74, 6) is -0.826. The minimum Gasteiger partial charge on any atom is -0.494 e. The molecule has 208 valence electrons. The SMILES string of the molecule is C=CCCCOc1ccc(-c2ccc(CCc3ccc(-c4ccc(OCCCC)cc4)c(F)c3F)cc2)c(F)c1. The molecular formula is C35H35F3O2. The van der Waals surface area contributed by atoms with E-state index in [9.17, 15) is 13.2 Å². The number of benzene rings is 4. The molecule has 5 heteroatoms. The molecule has 4 rings (SSSR count). The summed E-state index contributed by atoms with van der Waals surface area (Å²) in [6, 6.07) is 22.6. The van der Waals surface area contributed by atoms with Crippen molar-refractivity contribution in [2.24, 2.45) is 0 Å². The van der Waals surface area contributed by atoms with Crippen molar-refractivity contribution in [1.29, 1.82) is 0 Å². The van der Waals surface area contributed by atoms with E-state index < -0.39 is 11.6 Å². The van der Waals surface area contributed by atoms with Gasteiger partial charge < -0.3 is 9.47 Å². The van der Waals surface area contributed by atoms with E-state index in [-0.39, 0.29) is 11.4 Å². The Labute approximate surface area is 235 Å². The van der Waals surface area contributed by atoms with Gasteiger partial charge in [-0.05, 0) is 78.6 Å². The third kappa shape index (κ3) is 7.56. The van der Waals surface area contributed by atoms with E-state index in [2.05, 4.69) is 13.5 Å². The highest BCUT2D eigenvalue weighted by atomic mass is 19.2. The first-order valence-electron chi connectivity index (χ1n) is 13.8. The number of hydrogen-bond donors (Lipinski definition) is 0. The van der Waals surface area contributed by atoms with Gasteiger partial charge in [0.1, 0.15) is 17.3 Å². The summed E-state index contributed by atoms with van der Waals surface area (Å²) < 4.78 is 55.9. The number of hydrogen-bond acceptors (Lipinski definition) is 2. The van der Waals surface area contributed by atoms with E-state index >= 15 is 0 Å². The van der Waals surface area contributed by atoms with E-state index in [1.54, 1.807) is 48.5 Å². The second kappa shape index (κ2) is 14.4. The Hall–Kier alpha value is -3.99. The Balaban J connectivity index is 1.37. The summed E-state index contributed by atoms with van der Waals surface area (Å²) in [5.41, 5.74) is 3.31. The standard InChI is InChI=1S/C35H35F3O2/c1-3-5-7-23-40-30-19-21-31(33(36)24-30)26-11-8-25(9-12-26)10-13-28-16-20-32(35(38)34(28)37)27-14-17-29(18-15-27)39-22-6-4-2/h3,8-9,11-12,14-21,24H,1,4-7,10,13,22-23H2,2H3. The molecule has 0 unspecified atom stereocenters. The number of aryl methyl sites for hydroxylation is 2. The molecule has 0 radical (unpaired) electrons. The summed E-state index contributed by atoms with van der Waals surface area (Å²) in [5, 5.41) is 0. The number of rotatable bonds is 14. The number of unbranched alkanes of at least 4 members (excludes halogenated alkanes) is 2. The van der Waals surface area contributed by atoms with Gasteiger partial charge in [0.25, 0.3) is 0 Å². The van der Waals surface area contributed by atoms with Gasteiger partial charge in [-0.2, -0.15) is 0 Å². The van der Waals surface area contributed by atoms with E-state index in [4.69, 9.17) is 9.47 Å². The van der Waals surface area contributed by atoms with Gasteiger partial charge >= 0.3 is 0 Å².